The van der Waals surface area contributed by atoms with E-state index in [9.17, 15) is 50.6 Å². The first kappa shape index (κ1) is 20.7. The summed E-state index contributed by atoms with van der Waals surface area (Å²) < 4.78 is 0. The van der Waals surface area contributed by atoms with Crippen molar-refractivity contribution in [2.45, 2.75) is 13.8 Å². The van der Waals surface area contributed by atoms with Gasteiger partial charge in [-0.2, -0.15) is 0 Å². The standard InChI is InChI=1S/C14H9N5O10/c1-6-3-8(11(17(24)25)4-9(6)15(20)21)13-12(18(26)27)5-10(16(22)23)7(2)14(13)19(28)29/h3-5H,1-2H3. The highest BCUT2D eigenvalue weighted by Crippen LogP contribution is 2.48. The fourth-order valence-corrected chi connectivity index (χ4v) is 2.80. The smallest absolute Gasteiger partial charge is 0.258 e. The Labute approximate surface area is 158 Å². The number of aryl methyl sites for hydroxylation is 1. The molecule has 0 bridgehead atoms. The lowest BCUT2D eigenvalue weighted by Gasteiger charge is -2.09. The number of benzene rings is 2. The van der Waals surface area contributed by atoms with Gasteiger partial charge in [-0.05, 0) is 19.9 Å². The molecule has 0 amide bonds. The molecule has 2 rings (SSSR count). The summed E-state index contributed by atoms with van der Waals surface area (Å²) in [6.07, 6.45) is 0. The van der Waals surface area contributed by atoms with Crippen LogP contribution in [0, 0.1) is 64.4 Å². The van der Waals surface area contributed by atoms with Crippen molar-refractivity contribution >= 4 is 28.4 Å². The van der Waals surface area contributed by atoms with Crippen molar-refractivity contribution in [3.8, 4) is 11.1 Å². The van der Waals surface area contributed by atoms with Crippen molar-refractivity contribution in [2.24, 2.45) is 0 Å². The lowest BCUT2D eigenvalue weighted by molar-refractivity contribution is -0.403. The van der Waals surface area contributed by atoms with Crippen molar-refractivity contribution in [1.82, 2.24) is 0 Å². The molecule has 0 spiro atoms. The van der Waals surface area contributed by atoms with Crippen LogP contribution in [0.25, 0.3) is 11.1 Å². The summed E-state index contributed by atoms with van der Waals surface area (Å²) in [5, 5.41) is 56.7. The van der Waals surface area contributed by atoms with E-state index in [1.54, 1.807) is 0 Å². The van der Waals surface area contributed by atoms with Crippen molar-refractivity contribution in [1.29, 1.82) is 0 Å². The Balaban J connectivity index is 3.15. The molecule has 0 aliphatic rings. The predicted octanol–water partition coefficient (Wildman–Crippen LogP) is 3.51. The fraction of sp³-hybridized carbons (Fsp3) is 0.143. The van der Waals surface area contributed by atoms with E-state index in [-0.39, 0.29) is 5.56 Å². The number of hydrogen-bond acceptors (Lipinski definition) is 10. The minimum absolute atomic E-state index is 0.157. The zero-order chi connectivity index (χ0) is 22.2. The van der Waals surface area contributed by atoms with E-state index < -0.39 is 69.7 Å². The Morgan fingerprint density at radius 2 is 1.03 bits per heavy atom. The Hall–Kier alpha value is -4.56. The van der Waals surface area contributed by atoms with E-state index in [0.29, 0.717) is 12.1 Å². The maximum Gasteiger partial charge on any atom is 0.294 e. The van der Waals surface area contributed by atoms with Gasteiger partial charge in [0.1, 0.15) is 11.1 Å². The number of nitro groups is 5. The van der Waals surface area contributed by atoms with Crippen LogP contribution in [0.4, 0.5) is 28.4 Å². The molecule has 0 radical (unpaired) electrons. The van der Waals surface area contributed by atoms with Crippen LogP contribution >= 0.6 is 0 Å². The van der Waals surface area contributed by atoms with E-state index in [0.717, 1.165) is 13.0 Å². The molecule has 2 aromatic rings. The molecule has 0 saturated carbocycles. The lowest BCUT2D eigenvalue weighted by Crippen LogP contribution is -2.06. The minimum atomic E-state index is -1.16. The third kappa shape index (κ3) is 3.51. The van der Waals surface area contributed by atoms with E-state index in [4.69, 9.17) is 0 Å². The molecule has 0 aromatic heterocycles. The Morgan fingerprint density at radius 3 is 1.45 bits per heavy atom. The first-order valence-electron chi connectivity index (χ1n) is 7.43. The van der Waals surface area contributed by atoms with Gasteiger partial charge in [-0.15, -0.1) is 0 Å². The normalized spacial score (nSPS) is 10.4. The highest BCUT2D eigenvalue weighted by molar-refractivity contribution is 5.91. The molecule has 0 aliphatic heterocycles. The van der Waals surface area contributed by atoms with Gasteiger partial charge in [0.05, 0.1) is 42.3 Å². The van der Waals surface area contributed by atoms with E-state index >= 15 is 0 Å². The van der Waals surface area contributed by atoms with E-state index in [2.05, 4.69) is 0 Å². The van der Waals surface area contributed by atoms with E-state index in [1.807, 2.05) is 0 Å². The summed E-state index contributed by atoms with van der Waals surface area (Å²) >= 11 is 0. The molecule has 0 unspecified atom stereocenters. The first-order valence-corrected chi connectivity index (χ1v) is 7.43. The molecule has 15 heteroatoms. The monoisotopic (exact) mass is 407 g/mol. The average molecular weight is 407 g/mol. The van der Waals surface area contributed by atoms with Crippen LogP contribution in [0.2, 0.25) is 0 Å². The first-order chi connectivity index (χ1) is 13.4. The van der Waals surface area contributed by atoms with Crippen LogP contribution in [-0.4, -0.2) is 24.6 Å². The van der Waals surface area contributed by atoms with Crippen molar-refractivity contribution < 1.29 is 24.6 Å². The van der Waals surface area contributed by atoms with Gasteiger partial charge in [-0.25, -0.2) is 0 Å². The number of rotatable bonds is 6. The Morgan fingerprint density at radius 1 is 0.586 bits per heavy atom. The molecule has 0 heterocycles. The summed E-state index contributed by atoms with van der Waals surface area (Å²) in [4.78, 5) is 51.3. The second-order valence-corrected chi connectivity index (χ2v) is 5.70. The second-order valence-electron chi connectivity index (χ2n) is 5.70. The molecule has 150 valence electrons. The summed E-state index contributed by atoms with van der Waals surface area (Å²) in [5.41, 5.74) is -7.02. The van der Waals surface area contributed by atoms with Crippen LogP contribution in [0.1, 0.15) is 11.1 Å². The molecule has 0 N–H and O–H groups in total. The maximum atomic E-state index is 11.6. The third-order valence-electron chi connectivity index (χ3n) is 4.06. The summed E-state index contributed by atoms with van der Waals surface area (Å²) in [6.45, 7) is 2.15. The Kier molecular flexibility index (Phi) is 5.16. The third-order valence-corrected chi connectivity index (χ3v) is 4.06. The van der Waals surface area contributed by atoms with Gasteiger partial charge in [-0.1, -0.05) is 0 Å². The average Bonchev–Trinajstić information content (AvgIpc) is 2.59. The van der Waals surface area contributed by atoms with Gasteiger partial charge in [0.2, 0.25) is 0 Å². The SMILES string of the molecule is Cc1cc(-c2c([N+](=O)[O-])cc([N+](=O)[O-])c(C)c2[N+](=O)[O-])c([N+](=O)[O-])cc1[N+](=O)[O-]. The van der Waals surface area contributed by atoms with Crippen molar-refractivity contribution in [3.63, 3.8) is 0 Å². The highest BCUT2D eigenvalue weighted by Gasteiger charge is 2.39. The van der Waals surface area contributed by atoms with Crippen LogP contribution in [0.5, 0.6) is 0 Å². The molecule has 0 saturated heterocycles. The minimum Gasteiger partial charge on any atom is -0.258 e. The zero-order valence-corrected chi connectivity index (χ0v) is 14.6. The van der Waals surface area contributed by atoms with Gasteiger partial charge in [0.25, 0.3) is 28.4 Å². The molecular weight excluding hydrogens is 398 g/mol. The van der Waals surface area contributed by atoms with Gasteiger partial charge in [-0.3, -0.25) is 50.6 Å². The van der Waals surface area contributed by atoms with Crippen LogP contribution in [-0.2, 0) is 0 Å². The number of hydrogen-bond donors (Lipinski definition) is 0. The van der Waals surface area contributed by atoms with Crippen molar-refractivity contribution in [3.05, 3.63) is 79.9 Å². The van der Waals surface area contributed by atoms with Gasteiger partial charge < -0.3 is 0 Å². The quantitative estimate of drug-likeness (QED) is 0.501. The van der Waals surface area contributed by atoms with Gasteiger partial charge in [0.15, 0.2) is 0 Å². The molecule has 0 fully saturated rings. The van der Waals surface area contributed by atoms with E-state index in [1.165, 1.54) is 6.92 Å². The molecule has 2 aromatic carbocycles. The summed E-state index contributed by atoms with van der Waals surface area (Å²) in [6, 6.07) is 1.81. The maximum absolute atomic E-state index is 11.6. The molecule has 15 nitrogen and oxygen atoms in total. The molecule has 0 aliphatic carbocycles. The van der Waals surface area contributed by atoms with Crippen molar-refractivity contribution in [2.75, 3.05) is 0 Å². The van der Waals surface area contributed by atoms with Gasteiger partial charge >= 0.3 is 0 Å². The molecular formula is C14H9N5O10. The van der Waals surface area contributed by atoms with Crippen LogP contribution in [0.3, 0.4) is 0 Å². The van der Waals surface area contributed by atoms with Gasteiger partial charge in [0, 0.05) is 5.56 Å². The zero-order valence-electron chi connectivity index (χ0n) is 14.6. The Bertz CT molecular complexity index is 1130. The molecule has 29 heavy (non-hydrogen) atoms. The summed E-state index contributed by atoms with van der Waals surface area (Å²) in [5.74, 6) is 0. The largest absolute Gasteiger partial charge is 0.294 e. The fourth-order valence-electron chi connectivity index (χ4n) is 2.80. The number of nitrogens with zero attached hydrogens (tertiary/aromatic N) is 5. The topological polar surface area (TPSA) is 216 Å². The summed E-state index contributed by atoms with van der Waals surface area (Å²) in [7, 11) is 0. The van der Waals surface area contributed by atoms with Crippen LogP contribution in [0.15, 0.2) is 18.2 Å². The lowest BCUT2D eigenvalue weighted by atomic mass is 9.94. The predicted molar refractivity (Wildman–Crippen MR) is 94.6 cm³/mol. The second kappa shape index (κ2) is 7.22. The number of nitro benzene ring substituents is 5. The molecule has 0 atom stereocenters. The van der Waals surface area contributed by atoms with Crippen LogP contribution < -0.4 is 0 Å². The highest BCUT2D eigenvalue weighted by atomic mass is 16.6.